The lowest BCUT2D eigenvalue weighted by Gasteiger charge is -2.25. The molecule has 0 unspecified atom stereocenters. The number of pyridine rings is 1. The third kappa shape index (κ3) is 2.44. The second-order valence-corrected chi connectivity index (χ2v) is 6.16. The first kappa shape index (κ1) is 13.6. The van der Waals surface area contributed by atoms with Crippen LogP contribution in [0.3, 0.4) is 0 Å². The Balaban J connectivity index is 1.70. The van der Waals surface area contributed by atoms with Crippen LogP contribution in [0.4, 0.5) is 17.2 Å². The van der Waals surface area contributed by atoms with Gasteiger partial charge < -0.3 is 15.0 Å². The molecule has 0 spiro atoms. The summed E-state index contributed by atoms with van der Waals surface area (Å²) in [7, 11) is 2.15. The molecule has 0 aliphatic carbocycles. The molecular formula is C18H21N3O. The van der Waals surface area contributed by atoms with Gasteiger partial charge in [-0.1, -0.05) is 12.1 Å². The Labute approximate surface area is 131 Å². The zero-order valence-electron chi connectivity index (χ0n) is 12.9. The van der Waals surface area contributed by atoms with Gasteiger partial charge in [-0.2, -0.15) is 0 Å². The highest BCUT2D eigenvalue weighted by atomic mass is 16.5. The fourth-order valence-electron chi connectivity index (χ4n) is 3.40. The third-order valence-electron chi connectivity index (χ3n) is 4.68. The second-order valence-electron chi connectivity index (χ2n) is 6.16. The summed E-state index contributed by atoms with van der Waals surface area (Å²) in [5, 5.41) is 3.49. The van der Waals surface area contributed by atoms with Crippen LogP contribution < -0.4 is 10.2 Å². The Hall–Kier alpha value is -2.07. The van der Waals surface area contributed by atoms with E-state index in [1.54, 1.807) is 0 Å². The first-order valence-electron chi connectivity index (χ1n) is 7.95. The van der Waals surface area contributed by atoms with Crippen molar-refractivity contribution in [3.8, 4) is 0 Å². The number of rotatable bonds is 1. The predicted octanol–water partition coefficient (Wildman–Crippen LogP) is 3.67. The van der Waals surface area contributed by atoms with Gasteiger partial charge in [0.1, 0.15) is 5.82 Å². The number of hydrogen-bond acceptors (Lipinski definition) is 4. The number of fused-ring (bicyclic) bond motifs is 2. The molecule has 1 saturated heterocycles. The minimum atomic E-state index is 0.621. The molecule has 2 aliphatic rings. The maximum atomic E-state index is 5.49. The first-order chi connectivity index (χ1) is 10.8. The minimum Gasteiger partial charge on any atom is -0.381 e. The van der Waals surface area contributed by atoms with Crippen LogP contribution in [-0.4, -0.2) is 25.2 Å². The Bertz CT molecular complexity index is 680. The van der Waals surface area contributed by atoms with Crippen molar-refractivity contribution >= 4 is 17.2 Å². The Morgan fingerprint density at radius 2 is 2.09 bits per heavy atom. The fourth-order valence-corrected chi connectivity index (χ4v) is 3.40. The highest BCUT2D eigenvalue weighted by Crippen LogP contribution is 2.37. The van der Waals surface area contributed by atoms with Crippen molar-refractivity contribution in [2.75, 3.05) is 30.5 Å². The molecule has 1 aromatic carbocycles. The molecule has 0 amide bonds. The molecule has 0 saturated carbocycles. The van der Waals surface area contributed by atoms with Gasteiger partial charge in [-0.15, -0.1) is 0 Å². The quantitative estimate of drug-likeness (QED) is 0.871. The molecular weight excluding hydrogens is 274 g/mol. The highest BCUT2D eigenvalue weighted by Gasteiger charge is 2.21. The Kier molecular flexibility index (Phi) is 3.47. The van der Waals surface area contributed by atoms with Gasteiger partial charge in [-0.25, -0.2) is 4.98 Å². The number of aromatic nitrogens is 1. The summed E-state index contributed by atoms with van der Waals surface area (Å²) in [6.45, 7) is 2.64. The highest BCUT2D eigenvalue weighted by molar-refractivity contribution is 5.78. The van der Waals surface area contributed by atoms with Gasteiger partial charge in [-0.3, -0.25) is 0 Å². The molecule has 22 heavy (non-hydrogen) atoms. The summed E-state index contributed by atoms with van der Waals surface area (Å²) in [4.78, 5) is 6.77. The molecule has 4 rings (SSSR count). The molecule has 0 bridgehead atoms. The SMILES string of the molecule is CN1Cc2cccnc2Nc2ccc(C3CCOCC3)cc21. The van der Waals surface area contributed by atoms with Gasteiger partial charge >= 0.3 is 0 Å². The summed E-state index contributed by atoms with van der Waals surface area (Å²) in [6.07, 6.45) is 4.09. The van der Waals surface area contributed by atoms with E-state index >= 15 is 0 Å². The van der Waals surface area contributed by atoms with Crippen molar-refractivity contribution in [3.63, 3.8) is 0 Å². The van der Waals surface area contributed by atoms with E-state index in [1.807, 2.05) is 12.3 Å². The zero-order chi connectivity index (χ0) is 14.9. The number of hydrogen-bond donors (Lipinski definition) is 1. The van der Waals surface area contributed by atoms with Crippen LogP contribution in [0.5, 0.6) is 0 Å². The molecule has 3 heterocycles. The number of benzene rings is 1. The lowest BCUT2D eigenvalue weighted by molar-refractivity contribution is 0.0853. The standard InChI is InChI=1S/C18H21N3O/c1-21-12-15-3-2-8-19-18(15)20-16-5-4-14(11-17(16)21)13-6-9-22-10-7-13/h2-5,8,11,13H,6-7,9-10,12H2,1H3,(H,19,20). The molecule has 114 valence electrons. The smallest absolute Gasteiger partial charge is 0.135 e. The lowest BCUT2D eigenvalue weighted by Crippen LogP contribution is -2.17. The van der Waals surface area contributed by atoms with Crippen molar-refractivity contribution in [1.29, 1.82) is 0 Å². The number of anilines is 3. The molecule has 1 N–H and O–H groups in total. The van der Waals surface area contributed by atoms with E-state index < -0.39 is 0 Å². The molecule has 1 fully saturated rings. The van der Waals surface area contributed by atoms with Crippen molar-refractivity contribution in [2.45, 2.75) is 25.3 Å². The monoisotopic (exact) mass is 295 g/mol. The number of ether oxygens (including phenoxy) is 1. The fraction of sp³-hybridized carbons (Fsp3) is 0.389. The predicted molar refractivity (Wildman–Crippen MR) is 88.9 cm³/mol. The molecule has 2 aliphatic heterocycles. The van der Waals surface area contributed by atoms with Crippen LogP contribution in [-0.2, 0) is 11.3 Å². The van der Waals surface area contributed by atoms with Gasteiger partial charge in [0, 0.05) is 38.6 Å². The molecule has 4 heteroatoms. The van der Waals surface area contributed by atoms with Crippen molar-refractivity contribution in [2.24, 2.45) is 0 Å². The number of nitrogens with one attached hydrogen (secondary N) is 1. The maximum Gasteiger partial charge on any atom is 0.135 e. The first-order valence-corrected chi connectivity index (χ1v) is 7.95. The van der Waals surface area contributed by atoms with Crippen LogP contribution >= 0.6 is 0 Å². The maximum absolute atomic E-state index is 5.49. The largest absolute Gasteiger partial charge is 0.381 e. The van der Waals surface area contributed by atoms with Crippen molar-refractivity contribution < 1.29 is 4.74 Å². The molecule has 0 atom stereocenters. The summed E-state index contributed by atoms with van der Waals surface area (Å²) >= 11 is 0. The van der Waals surface area contributed by atoms with Gasteiger partial charge in [0.2, 0.25) is 0 Å². The van der Waals surface area contributed by atoms with Crippen LogP contribution in [0.25, 0.3) is 0 Å². The van der Waals surface area contributed by atoms with Gasteiger partial charge in [-0.05, 0) is 42.5 Å². The topological polar surface area (TPSA) is 37.4 Å². The van der Waals surface area contributed by atoms with Crippen LogP contribution in [0.1, 0.15) is 29.9 Å². The van der Waals surface area contributed by atoms with Gasteiger partial charge in [0.15, 0.2) is 0 Å². The molecule has 2 aromatic rings. The zero-order valence-corrected chi connectivity index (χ0v) is 12.9. The van der Waals surface area contributed by atoms with Crippen molar-refractivity contribution in [3.05, 3.63) is 47.7 Å². The molecule has 4 nitrogen and oxygen atoms in total. The molecule has 1 aromatic heterocycles. The van der Waals surface area contributed by atoms with E-state index in [-0.39, 0.29) is 0 Å². The van der Waals surface area contributed by atoms with E-state index in [9.17, 15) is 0 Å². The van der Waals surface area contributed by atoms with E-state index in [2.05, 4.69) is 46.5 Å². The Morgan fingerprint density at radius 3 is 2.95 bits per heavy atom. The summed E-state index contributed by atoms with van der Waals surface area (Å²) in [5.74, 6) is 1.59. The van der Waals surface area contributed by atoms with Gasteiger partial charge in [0.25, 0.3) is 0 Å². The van der Waals surface area contributed by atoms with Crippen LogP contribution in [0, 0.1) is 0 Å². The number of nitrogens with zero attached hydrogens (tertiary/aromatic N) is 2. The van der Waals surface area contributed by atoms with E-state index in [0.717, 1.165) is 44.1 Å². The van der Waals surface area contributed by atoms with Gasteiger partial charge in [0.05, 0.1) is 11.4 Å². The third-order valence-corrected chi connectivity index (χ3v) is 4.68. The van der Waals surface area contributed by atoms with E-state index in [0.29, 0.717) is 5.92 Å². The summed E-state index contributed by atoms with van der Waals surface area (Å²) < 4.78 is 5.49. The normalized spacial score (nSPS) is 18.1. The van der Waals surface area contributed by atoms with E-state index in [1.165, 1.54) is 16.8 Å². The van der Waals surface area contributed by atoms with Crippen LogP contribution in [0.15, 0.2) is 36.5 Å². The average molecular weight is 295 g/mol. The van der Waals surface area contributed by atoms with Crippen molar-refractivity contribution in [1.82, 2.24) is 4.98 Å². The van der Waals surface area contributed by atoms with Crippen LogP contribution in [0.2, 0.25) is 0 Å². The second kappa shape index (κ2) is 5.61. The van der Waals surface area contributed by atoms with E-state index in [4.69, 9.17) is 4.74 Å². The Morgan fingerprint density at radius 1 is 1.23 bits per heavy atom. The summed E-state index contributed by atoms with van der Waals surface area (Å²) in [6, 6.07) is 10.9. The average Bonchev–Trinajstić information content (AvgIpc) is 2.71. The summed E-state index contributed by atoms with van der Waals surface area (Å²) in [5.41, 5.74) is 5.04. The molecule has 0 radical (unpaired) electrons. The lowest BCUT2D eigenvalue weighted by atomic mass is 9.91. The minimum absolute atomic E-state index is 0.621.